The number of nitro benzene ring substituents is 1. The number of carbonyl (C=O) groups excluding carboxylic acids is 1. The molecule has 1 aliphatic carbocycles. The van der Waals surface area contributed by atoms with Gasteiger partial charge >= 0.3 is 0 Å². The van der Waals surface area contributed by atoms with Gasteiger partial charge in [-0.3, -0.25) is 14.9 Å². The summed E-state index contributed by atoms with van der Waals surface area (Å²) in [5.41, 5.74) is 3.18. The predicted octanol–water partition coefficient (Wildman–Crippen LogP) is 4.55. The van der Waals surface area contributed by atoms with Gasteiger partial charge < -0.3 is 15.0 Å². The molecule has 1 saturated heterocycles. The minimum atomic E-state index is -0.408. The number of nitrogens with one attached hydrogen (secondary N) is 1. The van der Waals surface area contributed by atoms with Crippen LogP contribution in [0.25, 0.3) is 0 Å². The topological polar surface area (TPSA) is 84.7 Å². The molecular formula is C23H22ClN3O4. The van der Waals surface area contributed by atoms with Crippen molar-refractivity contribution in [2.45, 2.75) is 18.4 Å². The zero-order chi connectivity index (χ0) is 21.5. The second-order valence-electron chi connectivity index (χ2n) is 8.11. The highest BCUT2D eigenvalue weighted by Gasteiger charge is 2.40. The van der Waals surface area contributed by atoms with Crippen LogP contribution in [0.3, 0.4) is 0 Å². The fourth-order valence-electron chi connectivity index (χ4n) is 4.93. The summed E-state index contributed by atoms with van der Waals surface area (Å²) in [6.45, 7) is 2.20. The van der Waals surface area contributed by atoms with Crippen LogP contribution in [0.1, 0.15) is 39.9 Å². The molecule has 0 spiro atoms. The first-order valence-corrected chi connectivity index (χ1v) is 10.8. The third kappa shape index (κ3) is 3.47. The Balaban J connectivity index is 1.58. The highest BCUT2D eigenvalue weighted by Crippen LogP contribution is 2.52. The van der Waals surface area contributed by atoms with Gasteiger partial charge in [0.2, 0.25) is 0 Å². The van der Waals surface area contributed by atoms with Crippen LogP contribution in [0.4, 0.5) is 11.4 Å². The second-order valence-corrected chi connectivity index (χ2v) is 8.52. The van der Waals surface area contributed by atoms with Crippen LogP contribution in [-0.4, -0.2) is 42.0 Å². The number of nitro groups is 1. The van der Waals surface area contributed by atoms with Crippen molar-refractivity contribution < 1.29 is 14.5 Å². The third-order valence-corrected chi connectivity index (χ3v) is 6.80. The maximum atomic E-state index is 13.3. The average Bonchev–Trinajstić information content (AvgIpc) is 3.29. The van der Waals surface area contributed by atoms with E-state index in [0.29, 0.717) is 42.5 Å². The lowest BCUT2D eigenvalue weighted by atomic mass is 9.76. The number of morpholine rings is 1. The lowest BCUT2D eigenvalue weighted by Crippen LogP contribution is -2.41. The van der Waals surface area contributed by atoms with E-state index < -0.39 is 4.92 Å². The summed E-state index contributed by atoms with van der Waals surface area (Å²) in [4.78, 5) is 26.1. The number of carbonyl (C=O) groups is 1. The van der Waals surface area contributed by atoms with Crippen molar-refractivity contribution in [3.8, 4) is 0 Å². The number of anilines is 1. The number of hydrogen-bond acceptors (Lipinski definition) is 5. The van der Waals surface area contributed by atoms with E-state index in [1.807, 2.05) is 17.0 Å². The van der Waals surface area contributed by atoms with Gasteiger partial charge in [-0.15, -0.1) is 0 Å². The minimum Gasteiger partial charge on any atom is -0.378 e. The maximum Gasteiger partial charge on any atom is 0.269 e. The molecule has 0 bridgehead atoms. The molecule has 3 atom stereocenters. The Bertz CT molecular complexity index is 1080. The van der Waals surface area contributed by atoms with Gasteiger partial charge in [-0.05, 0) is 30.0 Å². The molecule has 1 fully saturated rings. The number of allylic oxidation sites excluding steroid dienone is 2. The number of amides is 1. The van der Waals surface area contributed by atoms with E-state index in [4.69, 9.17) is 16.3 Å². The molecule has 7 nitrogen and oxygen atoms in total. The first-order valence-electron chi connectivity index (χ1n) is 10.4. The maximum absolute atomic E-state index is 13.3. The summed E-state index contributed by atoms with van der Waals surface area (Å²) in [6, 6.07) is 10.1. The standard InChI is InChI=1S/C23H22ClN3O4/c24-20-8-7-14(27(29)30)13-19(20)22-17-4-1-3-15(17)16-5-2-6-18(21(16)25-22)23(28)26-9-11-31-12-10-26/h1-3,5-8,13,15,17,22,25H,4,9-12H2. The summed E-state index contributed by atoms with van der Waals surface area (Å²) >= 11 is 6.50. The summed E-state index contributed by atoms with van der Waals surface area (Å²) in [6.07, 6.45) is 5.15. The Morgan fingerprint density at radius 3 is 2.77 bits per heavy atom. The molecule has 31 heavy (non-hydrogen) atoms. The summed E-state index contributed by atoms with van der Waals surface area (Å²) < 4.78 is 5.39. The van der Waals surface area contributed by atoms with Gasteiger partial charge in [0.1, 0.15) is 0 Å². The number of rotatable bonds is 3. The van der Waals surface area contributed by atoms with Crippen LogP contribution in [0.2, 0.25) is 5.02 Å². The zero-order valence-electron chi connectivity index (χ0n) is 16.8. The number of para-hydroxylation sites is 1. The Morgan fingerprint density at radius 2 is 2.00 bits per heavy atom. The molecule has 8 heteroatoms. The van der Waals surface area contributed by atoms with Gasteiger partial charge in [0.15, 0.2) is 0 Å². The Morgan fingerprint density at radius 1 is 1.19 bits per heavy atom. The van der Waals surface area contributed by atoms with E-state index in [2.05, 4.69) is 23.5 Å². The molecule has 3 unspecified atom stereocenters. The average molecular weight is 440 g/mol. The largest absolute Gasteiger partial charge is 0.378 e. The van der Waals surface area contributed by atoms with Gasteiger partial charge in [-0.2, -0.15) is 0 Å². The molecule has 5 rings (SSSR count). The fraction of sp³-hybridized carbons (Fsp3) is 0.348. The number of halogens is 1. The molecular weight excluding hydrogens is 418 g/mol. The van der Waals surface area contributed by atoms with Crippen molar-refractivity contribution in [1.29, 1.82) is 0 Å². The lowest BCUT2D eigenvalue weighted by molar-refractivity contribution is -0.384. The van der Waals surface area contributed by atoms with E-state index in [-0.39, 0.29) is 29.5 Å². The Kier molecular flexibility index (Phi) is 5.16. The van der Waals surface area contributed by atoms with Crippen LogP contribution < -0.4 is 5.32 Å². The summed E-state index contributed by atoms with van der Waals surface area (Å²) in [5, 5.41) is 15.4. The molecule has 2 heterocycles. The lowest BCUT2D eigenvalue weighted by Gasteiger charge is -2.39. The van der Waals surface area contributed by atoms with Crippen molar-refractivity contribution in [2.24, 2.45) is 5.92 Å². The van der Waals surface area contributed by atoms with Crippen molar-refractivity contribution in [1.82, 2.24) is 4.90 Å². The van der Waals surface area contributed by atoms with Gasteiger partial charge in [-0.25, -0.2) is 0 Å². The van der Waals surface area contributed by atoms with E-state index in [1.54, 1.807) is 12.1 Å². The highest BCUT2D eigenvalue weighted by molar-refractivity contribution is 6.31. The van der Waals surface area contributed by atoms with E-state index >= 15 is 0 Å². The van der Waals surface area contributed by atoms with E-state index in [0.717, 1.165) is 17.7 Å². The van der Waals surface area contributed by atoms with Crippen LogP contribution >= 0.6 is 11.6 Å². The smallest absolute Gasteiger partial charge is 0.269 e. The van der Waals surface area contributed by atoms with Gasteiger partial charge in [0.25, 0.3) is 11.6 Å². The highest BCUT2D eigenvalue weighted by atomic mass is 35.5. The zero-order valence-corrected chi connectivity index (χ0v) is 17.5. The van der Waals surface area contributed by atoms with Crippen molar-refractivity contribution in [2.75, 3.05) is 31.6 Å². The summed E-state index contributed by atoms with van der Waals surface area (Å²) in [5.74, 6) is 0.256. The molecule has 1 N–H and O–H groups in total. The van der Waals surface area contributed by atoms with E-state index in [9.17, 15) is 14.9 Å². The van der Waals surface area contributed by atoms with Gasteiger partial charge in [0.05, 0.1) is 35.4 Å². The number of fused-ring (bicyclic) bond motifs is 3. The van der Waals surface area contributed by atoms with Crippen molar-refractivity contribution in [3.63, 3.8) is 0 Å². The Labute approximate surface area is 184 Å². The van der Waals surface area contributed by atoms with Crippen LogP contribution in [0, 0.1) is 16.0 Å². The SMILES string of the molecule is O=C(c1cccc2c1NC(c1cc([N+](=O)[O-])ccc1Cl)C1CC=CC21)N1CCOCC1. The summed E-state index contributed by atoms with van der Waals surface area (Å²) in [7, 11) is 0. The molecule has 2 aromatic carbocycles. The number of non-ortho nitro benzene ring substituents is 1. The Hall–Kier alpha value is -2.90. The van der Waals surface area contributed by atoms with Crippen LogP contribution in [0.5, 0.6) is 0 Å². The van der Waals surface area contributed by atoms with Crippen molar-refractivity contribution in [3.05, 3.63) is 80.4 Å². The quantitative estimate of drug-likeness (QED) is 0.431. The van der Waals surface area contributed by atoms with Gasteiger partial charge in [-0.1, -0.05) is 35.9 Å². The van der Waals surface area contributed by atoms with Crippen LogP contribution in [0.15, 0.2) is 48.6 Å². The van der Waals surface area contributed by atoms with Crippen LogP contribution in [-0.2, 0) is 4.74 Å². The molecule has 0 radical (unpaired) electrons. The number of nitrogens with zero attached hydrogens (tertiary/aromatic N) is 2. The molecule has 0 aromatic heterocycles. The molecule has 1 amide bonds. The monoisotopic (exact) mass is 439 g/mol. The predicted molar refractivity (Wildman–Crippen MR) is 118 cm³/mol. The minimum absolute atomic E-state index is 0.00665. The first-order chi connectivity index (χ1) is 15.0. The first kappa shape index (κ1) is 20.0. The normalized spacial score (nSPS) is 24.3. The van der Waals surface area contributed by atoms with Crippen molar-refractivity contribution >= 4 is 28.9 Å². The third-order valence-electron chi connectivity index (χ3n) is 6.45. The van der Waals surface area contributed by atoms with E-state index in [1.165, 1.54) is 6.07 Å². The molecule has 160 valence electrons. The van der Waals surface area contributed by atoms with Gasteiger partial charge in [0, 0.05) is 41.7 Å². The molecule has 2 aromatic rings. The molecule has 3 aliphatic rings. The fourth-order valence-corrected chi connectivity index (χ4v) is 5.16. The number of hydrogen-bond donors (Lipinski definition) is 1. The molecule has 0 saturated carbocycles. The number of benzene rings is 2. The molecule has 2 aliphatic heterocycles. The second kappa shape index (κ2) is 7.98. The number of ether oxygens (including phenoxy) is 1.